The highest BCUT2D eigenvalue weighted by molar-refractivity contribution is 7.89. The number of hydrogen-bond acceptors (Lipinski definition) is 3. The summed E-state index contributed by atoms with van der Waals surface area (Å²) in [6.07, 6.45) is 5.57. The second kappa shape index (κ2) is 9.08. The van der Waals surface area contributed by atoms with Gasteiger partial charge in [0.1, 0.15) is 0 Å². The van der Waals surface area contributed by atoms with Gasteiger partial charge in [-0.2, -0.15) is 4.31 Å². The Balaban J connectivity index is 1.42. The summed E-state index contributed by atoms with van der Waals surface area (Å²) in [5.74, 6) is 0.221. The van der Waals surface area contributed by atoms with Gasteiger partial charge < -0.3 is 5.32 Å². The molecule has 0 atom stereocenters. The Labute approximate surface area is 183 Å². The van der Waals surface area contributed by atoms with Crippen LogP contribution < -0.4 is 5.32 Å². The largest absolute Gasteiger partial charge is 0.349 e. The van der Waals surface area contributed by atoms with Crippen molar-refractivity contribution in [1.82, 2.24) is 9.62 Å². The summed E-state index contributed by atoms with van der Waals surface area (Å²) >= 11 is 6.25. The monoisotopic (exact) mass is 446 g/mol. The molecule has 1 aliphatic heterocycles. The van der Waals surface area contributed by atoms with Gasteiger partial charge in [-0.05, 0) is 68.2 Å². The van der Waals surface area contributed by atoms with Gasteiger partial charge in [0.25, 0.3) is 5.91 Å². The van der Waals surface area contributed by atoms with Gasteiger partial charge in [0.15, 0.2) is 0 Å². The van der Waals surface area contributed by atoms with Crippen molar-refractivity contribution in [1.29, 1.82) is 0 Å². The lowest BCUT2D eigenvalue weighted by Crippen LogP contribution is -2.37. The van der Waals surface area contributed by atoms with Crippen LogP contribution >= 0.6 is 11.6 Å². The van der Waals surface area contributed by atoms with E-state index in [9.17, 15) is 13.2 Å². The van der Waals surface area contributed by atoms with Gasteiger partial charge in [-0.3, -0.25) is 4.79 Å². The number of carbonyl (C=O) groups excluding carboxylic acids is 1. The van der Waals surface area contributed by atoms with Crippen LogP contribution in [0.3, 0.4) is 0 Å². The van der Waals surface area contributed by atoms with Gasteiger partial charge >= 0.3 is 0 Å². The summed E-state index contributed by atoms with van der Waals surface area (Å²) in [5, 5.41) is 3.33. The molecule has 1 saturated carbocycles. The molecule has 1 saturated heterocycles. The Morgan fingerprint density at radius 2 is 1.63 bits per heavy atom. The third kappa shape index (κ3) is 4.56. The van der Waals surface area contributed by atoms with Crippen LogP contribution in [0.5, 0.6) is 0 Å². The minimum absolute atomic E-state index is 0.0763. The molecule has 7 heteroatoms. The third-order valence-corrected chi connectivity index (χ3v) is 8.44. The number of amides is 1. The molecule has 4 rings (SSSR count). The van der Waals surface area contributed by atoms with E-state index in [1.807, 2.05) is 6.07 Å². The number of nitrogens with zero attached hydrogens (tertiary/aromatic N) is 1. The second-order valence-electron chi connectivity index (χ2n) is 8.19. The number of nitrogens with one attached hydrogen (secondary N) is 1. The smallest absolute Gasteiger partial charge is 0.253 e. The van der Waals surface area contributed by atoms with Crippen LogP contribution in [0, 0.1) is 0 Å². The van der Waals surface area contributed by atoms with E-state index in [-0.39, 0.29) is 27.4 Å². The van der Waals surface area contributed by atoms with Crippen LogP contribution in [-0.2, 0) is 10.0 Å². The van der Waals surface area contributed by atoms with Gasteiger partial charge in [0.05, 0.1) is 15.5 Å². The highest BCUT2D eigenvalue weighted by Gasteiger charge is 2.29. The Kier molecular flexibility index (Phi) is 6.46. The molecule has 2 aromatic carbocycles. The fourth-order valence-corrected chi connectivity index (χ4v) is 6.22. The number of hydrogen-bond donors (Lipinski definition) is 1. The quantitative estimate of drug-likeness (QED) is 0.730. The molecule has 0 spiro atoms. The van der Waals surface area contributed by atoms with E-state index in [1.54, 1.807) is 0 Å². The lowest BCUT2D eigenvalue weighted by molar-refractivity contribution is 0.0925. The summed E-state index contributed by atoms with van der Waals surface area (Å²) in [5.41, 5.74) is 1.58. The fourth-order valence-electron chi connectivity index (χ4n) is 4.48. The average molecular weight is 447 g/mol. The van der Waals surface area contributed by atoms with Gasteiger partial charge in [0.2, 0.25) is 10.0 Å². The second-order valence-corrected chi connectivity index (χ2v) is 10.5. The average Bonchev–Trinajstić information content (AvgIpc) is 3.31. The van der Waals surface area contributed by atoms with Crippen molar-refractivity contribution < 1.29 is 13.2 Å². The number of benzene rings is 2. The first-order valence-corrected chi connectivity index (χ1v) is 12.4. The van der Waals surface area contributed by atoms with Crippen LogP contribution in [0.2, 0.25) is 5.02 Å². The Morgan fingerprint density at radius 1 is 0.967 bits per heavy atom. The zero-order chi connectivity index (χ0) is 21.1. The van der Waals surface area contributed by atoms with Crippen molar-refractivity contribution in [3.63, 3.8) is 0 Å². The maximum Gasteiger partial charge on any atom is 0.253 e. The molecule has 0 radical (unpaired) electrons. The standard InChI is InChI=1S/C23H27ClN2O3S/c24-22-13-12-20(30(28,29)26-14-4-5-15-26)16-21(22)23(27)25-19-10-8-18(9-11-19)17-6-2-1-3-7-17/h1-3,6-7,12-13,16,18-19H,4-5,8-11,14-15H2,(H,25,27). The molecule has 2 aliphatic rings. The third-order valence-electron chi connectivity index (χ3n) is 6.22. The van der Waals surface area contributed by atoms with Gasteiger partial charge in [-0.15, -0.1) is 0 Å². The van der Waals surface area contributed by atoms with Crippen LogP contribution in [0.4, 0.5) is 0 Å². The summed E-state index contributed by atoms with van der Waals surface area (Å²) in [6.45, 7) is 1.05. The van der Waals surface area contributed by atoms with E-state index in [4.69, 9.17) is 11.6 Å². The fraction of sp³-hybridized carbons (Fsp3) is 0.435. The predicted molar refractivity (Wildman–Crippen MR) is 118 cm³/mol. The first-order chi connectivity index (χ1) is 14.4. The number of halogens is 1. The molecule has 2 fully saturated rings. The lowest BCUT2D eigenvalue weighted by Gasteiger charge is -2.29. The first-order valence-electron chi connectivity index (χ1n) is 10.6. The molecular formula is C23H27ClN2O3S. The highest BCUT2D eigenvalue weighted by atomic mass is 35.5. The van der Waals surface area contributed by atoms with E-state index in [0.29, 0.717) is 19.0 Å². The minimum Gasteiger partial charge on any atom is -0.349 e. The number of carbonyl (C=O) groups is 1. The molecule has 0 unspecified atom stereocenters. The topological polar surface area (TPSA) is 66.5 Å². The summed E-state index contributed by atoms with van der Waals surface area (Å²) in [6, 6.07) is 15.0. The van der Waals surface area contributed by atoms with Crippen molar-refractivity contribution in [2.75, 3.05) is 13.1 Å². The van der Waals surface area contributed by atoms with Crippen molar-refractivity contribution >= 4 is 27.5 Å². The van der Waals surface area contributed by atoms with Gasteiger partial charge in [0, 0.05) is 19.1 Å². The Hall–Kier alpha value is -1.89. The molecule has 5 nitrogen and oxygen atoms in total. The lowest BCUT2D eigenvalue weighted by atomic mass is 9.82. The van der Waals surface area contributed by atoms with Crippen molar-refractivity contribution in [3.8, 4) is 0 Å². The highest BCUT2D eigenvalue weighted by Crippen LogP contribution is 2.33. The zero-order valence-electron chi connectivity index (χ0n) is 16.9. The van der Waals surface area contributed by atoms with E-state index < -0.39 is 10.0 Å². The summed E-state index contributed by atoms with van der Waals surface area (Å²) in [4.78, 5) is 13.0. The van der Waals surface area contributed by atoms with Crippen LogP contribution in [0.25, 0.3) is 0 Å². The molecule has 1 N–H and O–H groups in total. The molecule has 1 aliphatic carbocycles. The SMILES string of the molecule is O=C(NC1CCC(c2ccccc2)CC1)c1cc(S(=O)(=O)N2CCCC2)ccc1Cl. The Morgan fingerprint density at radius 3 is 2.30 bits per heavy atom. The van der Waals surface area contributed by atoms with E-state index >= 15 is 0 Å². The molecular weight excluding hydrogens is 420 g/mol. The maximum absolute atomic E-state index is 12.9. The molecule has 160 valence electrons. The number of rotatable bonds is 5. The molecule has 1 amide bonds. The summed E-state index contributed by atoms with van der Waals surface area (Å²) in [7, 11) is -3.59. The van der Waals surface area contributed by atoms with Gasteiger partial charge in [-0.25, -0.2) is 8.42 Å². The van der Waals surface area contributed by atoms with Gasteiger partial charge in [-0.1, -0.05) is 41.9 Å². The first kappa shape index (κ1) is 21.3. The van der Waals surface area contributed by atoms with Crippen molar-refractivity contribution in [3.05, 3.63) is 64.7 Å². The maximum atomic E-state index is 12.9. The minimum atomic E-state index is -3.59. The molecule has 1 heterocycles. The predicted octanol–water partition coefficient (Wildman–Crippen LogP) is 4.58. The molecule has 0 bridgehead atoms. The molecule has 30 heavy (non-hydrogen) atoms. The molecule has 2 aromatic rings. The van der Waals surface area contributed by atoms with Crippen molar-refractivity contribution in [2.45, 2.75) is 55.4 Å². The zero-order valence-corrected chi connectivity index (χ0v) is 18.5. The van der Waals surface area contributed by atoms with Crippen LogP contribution in [0.1, 0.15) is 60.4 Å². The Bertz CT molecular complexity index is 996. The summed E-state index contributed by atoms with van der Waals surface area (Å²) < 4.78 is 27.1. The normalized spacial score (nSPS) is 22.7. The number of sulfonamides is 1. The van der Waals surface area contributed by atoms with E-state index in [0.717, 1.165) is 38.5 Å². The van der Waals surface area contributed by atoms with E-state index in [1.165, 1.54) is 28.1 Å². The van der Waals surface area contributed by atoms with Crippen molar-refractivity contribution in [2.24, 2.45) is 0 Å². The van der Waals surface area contributed by atoms with Crippen LogP contribution in [0.15, 0.2) is 53.4 Å². The van der Waals surface area contributed by atoms with Crippen LogP contribution in [-0.4, -0.2) is 37.8 Å². The molecule has 0 aromatic heterocycles. The van der Waals surface area contributed by atoms with E-state index in [2.05, 4.69) is 29.6 Å².